The molecule has 3 rings (SSSR count). The van der Waals surface area contributed by atoms with Gasteiger partial charge >= 0.3 is 0 Å². The van der Waals surface area contributed by atoms with E-state index < -0.39 is 0 Å². The Hall–Kier alpha value is -1.83. The highest BCUT2D eigenvalue weighted by atomic mass is 35.5. The van der Waals surface area contributed by atoms with Gasteiger partial charge in [-0.2, -0.15) is 0 Å². The molecule has 2 aromatic heterocycles. The number of thiophene rings is 1. The van der Waals surface area contributed by atoms with Crippen molar-refractivity contribution in [3.63, 3.8) is 0 Å². The first-order valence-electron chi connectivity index (χ1n) is 8.64. The Morgan fingerprint density at radius 1 is 1.30 bits per heavy atom. The summed E-state index contributed by atoms with van der Waals surface area (Å²) in [4.78, 5) is 31.7. The van der Waals surface area contributed by atoms with Crippen LogP contribution in [0.2, 0.25) is 5.02 Å². The lowest BCUT2D eigenvalue weighted by Crippen LogP contribution is -2.29. The highest BCUT2D eigenvalue weighted by Crippen LogP contribution is 2.24. The van der Waals surface area contributed by atoms with E-state index in [-0.39, 0.29) is 17.2 Å². The maximum atomic E-state index is 13.0. The number of hydrogen-bond acceptors (Lipinski definition) is 5. The molecule has 1 amide bonds. The van der Waals surface area contributed by atoms with Crippen LogP contribution in [-0.4, -0.2) is 39.7 Å². The molecule has 1 aromatic carbocycles. The predicted octanol–water partition coefficient (Wildman–Crippen LogP) is 4.45. The summed E-state index contributed by atoms with van der Waals surface area (Å²) in [6, 6.07) is 8.86. The lowest BCUT2D eigenvalue weighted by Gasteiger charge is -2.17. The summed E-state index contributed by atoms with van der Waals surface area (Å²) in [5, 5.41) is 2.95. The van der Waals surface area contributed by atoms with Crippen molar-refractivity contribution in [2.75, 3.05) is 19.3 Å². The molecule has 0 aliphatic rings. The summed E-state index contributed by atoms with van der Waals surface area (Å²) in [5.41, 5.74) is 1.21. The first-order valence-corrected chi connectivity index (χ1v) is 10.9. The van der Waals surface area contributed by atoms with Crippen molar-refractivity contribution in [3.05, 3.63) is 51.1 Å². The first kappa shape index (κ1) is 19.9. The minimum absolute atomic E-state index is 0.0239. The van der Waals surface area contributed by atoms with Crippen molar-refractivity contribution in [1.29, 1.82) is 0 Å². The molecule has 2 heterocycles. The lowest BCUT2D eigenvalue weighted by atomic mass is 10.3. The van der Waals surface area contributed by atoms with Crippen molar-refractivity contribution in [3.8, 4) is 5.69 Å². The molecule has 142 valence electrons. The minimum atomic E-state index is -0.133. The van der Waals surface area contributed by atoms with E-state index in [0.29, 0.717) is 26.1 Å². The number of amides is 1. The molecule has 0 saturated carbocycles. The van der Waals surface area contributed by atoms with Gasteiger partial charge in [-0.1, -0.05) is 36.7 Å². The number of thioether (sulfide) groups is 1. The molecule has 0 aliphatic heterocycles. The van der Waals surface area contributed by atoms with E-state index >= 15 is 0 Å². The van der Waals surface area contributed by atoms with E-state index in [9.17, 15) is 9.59 Å². The molecule has 0 N–H and O–H groups in total. The van der Waals surface area contributed by atoms with Crippen LogP contribution in [0.4, 0.5) is 0 Å². The monoisotopic (exact) mass is 421 g/mol. The third-order valence-corrected chi connectivity index (χ3v) is 6.20. The largest absolute Gasteiger partial charge is 0.345 e. The average molecular weight is 422 g/mol. The fourth-order valence-electron chi connectivity index (χ4n) is 2.56. The van der Waals surface area contributed by atoms with Crippen LogP contribution < -0.4 is 5.56 Å². The van der Waals surface area contributed by atoms with Gasteiger partial charge < -0.3 is 4.90 Å². The second-order valence-corrected chi connectivity index (χ2v) is 8.40. The van der Waals surface area contributed by atoms with Crippen LogP contribution in [0.15, 0.2) is 45.7 Å². The maximum Gasteiger partial charge on any atom is 0.276 e. The molecule has 0 aliphatic carbocycles. The van der Waals surface area contributed by atoms with E-state index in [1.54, 1.807) is 40.8 Å². The molecule has 0 saturated heterocycles. The number of nitrogens with zero attached hydrogens (tertiary/aromatic N) is 3. The Labute approximate surface area is 171 Å². The zero-order valence-electron chi connectivity index (χ0n) is 15.1. The van der Waals surface area contributed by atoms with Crippen molar-refractivity contribution >= 4 is 50.8 Å². The number of fused-ring (bicyclic) bond motifs is 1. The molecular formula is C19H20ClN3O2S2. The van der Waals surface area contributed by atoms with Crippen LogP contribution in [0.25, 0.3) is 15.9 Å². The highest BCUT2D eigenvalue weighted by molar-refractivity contribution is 7.99. The summed E-state index contributed by atoms with van der Waals surface area (Å²) < 4.78 is 2.15. The van der Waals surface area contributed by atoms with Gasteiger partial charge in [0.15, 0.2) is 5.16 Å². The number of halogens is 1. The molecule has 0 atom stereocenters. The molecule has 0 unspecified atom stereocenters. The van der Waals surface area contributed by atoms with Crippen LogP contribution in [0.1, 0.15) is 19.8 Å². The highest BCUT2D eigenvalue weighted by Gasteiger charge is 2.17. The predicted molar refractivity (Wildman–Crippen MR) is 113 cm³/mol. The number of rotatable bonds is 7. The molecule has 0 spiro atoms. The van der Waals surface area contributed by atoms with Gasteiger partial charge in [0, 0.05) is 18.6 Å². The minimum Gasteiger partial charge on any atom is -0.345 e. The second kappa shape index (κ2) is 8.91. The zero-order valence-corrected chi connectivity index (χ0v) is 17.5. The van der Waals surface area contributed by atoms with Crippen molar-refractivity contribution in [2.24, 2.45) is 0 Å². The molecule has 0 radical (unpaired) electrons. The summed E-state index contributed by atoms with van der Waals surface area (Å²) in [6.45, 7) is 2.83. The van der Waals surface area contributed by atoms with Crippen LogP contribution in [-0.2, 0) is 4.79 Å². The van der Waals surface area contributed by atoms with Crippen molar-refractivity contribution in [1.82, 2.24) is 14.5 Å². The number of hydrogen-bond donors (Lipinski definition) is 0. The second-order valence-electron chi connectivity index (χ2n) is 6.10. The average Bonchev–Trinajstić information content (AvgIpc) is 3.14. The first-order chi connectivity index (χ1) is 13.0. The number of unbranched alkanes of at least 4 members (excludes halogenated alkanes) is 1. The summed E-state index contributed by atoms with van der Waals surface area (Å²) in [6.07, 6.45) is 2.01. The van der Waals surface area contributed by atoms with E-state index in [4.69, 9.17) is 11.6 Å². The molecule has 5 nitrogen and oxygen atoms in total. The zero-order chi connectivity index (χ0) is 19.4. The van der Waals surface area contributed by atoms with Gasteiger partial charge in [0.25, 0.3) is 5.56 Å². The van der Waals surface area contributed by atoms with E-state index in [2.05, 4.69) is 11.9 Å². The Kier molecular flexibility index (Phi) is 6.57. The van der Waals surface area contributed by atoms with Crippen molar-refractivity contribution < 1.29 is 4.79 Å². The number of carbonyl (C=O) groups excluding carboxylic acids is 1. The maximum absolute atomic E-state index is 13.0. The third-order valence-electron chi connectivity index (χ3n) is 4.13. The fourth-order valence-corrected chi connectivity index (χ4v) is 4.40. The summed E-state index contributed by atoms with van der Waals surface area (Å²) in [5.74, 6) is 0.256. The smallest absolute Gasteiger partial charge is 0.276 e. The number of aromatic nitrogens is 2. The molecule has 3 aromatic rings. The quantitative estimate of drug-likeness (QED) is 0.417. The van der Waals surface area contributed by atoms with Crippen LogP contribution >= 0.6 is 34.7 Å². The Morgan fingerprint density at radius 3 is 2.74 bits per heavy atom. The fraction of sp³-hybridized carbons (Fsp3) is 0.316. The van der Waals surface area contributed by atoms with Crippen LogP contribution in [0, 0.1) is 0 Å². The van der Waals surface area contributed by atoms with Crippen LogP contribution in [0.5, 0.6) is 0 Å². The van der Waals surface area contributed by atoms with Gasteiger partial charge in [0.1, 0.15) is 4.70 Å². The van der Waals surface area contributed by atoms with Gasteiger partial charge in [0.05, 0.1) is 17.0 Å². The van der Waals surface area contributed by atoms with E-state index in [1.165, 1.54) is 23.1 Å². The summed E-state index contributed by atoms with van der Waals surface area (Å²) in [7, 11) is 1.81. The lowest BCUT2D eigenvalue weighted by molar-refractivity contribution is -0.127. The van der Waals surface area contributed by atoms with Crippen LogP contribution in [0.3, 0.4) is 0 Å². The molecular weight excluding hydrogens is 402 g/mol. The molecule has 0 bridgehead atoms. The van der Waals surface area contributed by atoms with Gasteiger partial charge in [0.2, 0.25) is 5.91 Å². The Bertz CT molecular complexity index is 998. The summed E-state index contributed by atoms with van der Waals surface area (Å²) >= 11 is 8.63. The molecule has 8 heteroatoms. The normalized spacial score (nSPS) is 11.1. The number of carbonyl (C=O) groups is 1. The standard InChI is InChI=1S/C19H20ClN3O2S2/c1-3-4-10-22(2)16(24)12-27-19-21-15-9-11-26-17(15)18(25)23(19)14-7-5-13(20)6-8-14/h5-9,11H,3-4,10,12H2,1-2H3. The van der Waals surface area contributed by atoms with Gasteiger partial charge in [-0.3, -0.25) is 14.2 Å². The Morgan fingerprint density at radius 2 is 2.04 bits per heavy atom. The van der Waals surface area contributed by atoms with Crippen molar-refractivity contribution in [2.45, 2.75) is 24.9 Å². The Balaban J connectivity index is 1.94. The van der Waals surface area contributed by atoms with Gasteiger partial charge in [-0.15, -0.1) is 11.3 Å². The SMILES string of the molecule is CCCCN(C)C(=O)CSc1nc2ccsc2c(=O)n1-c1ccc(Cl)cc1. The van der Waals surface area contributed by atoms with E-state index in [0.717, 1.165) is 19.4 Å². The third kappa shape index (κ3) is 4.54. The van der Waals surface area contributed by atoms with Gasteiger partial charge in [-0.05, 0) is 42.1 Å². The van der Waals surface area contributed by atoms with Gasteiger partial charge in [-0.25, -0.2) is 4.98 Å². The molecule has 27 heavy (non-hydrogen) atoms. The number of benzene rings is 1. The van der Waals surface area contributed by atoms with E-state index in [1.807, 2.05) is 11.4 Å². The molecule has 0 fully saturated rings. The topological polar surface area (TPSA) is 55.2 Å².